The molecular formula is C13H21F2NSi2. The van der Waals surface area contributed by atoms with Crippen LogP contribution in [0.15, 0.2) is 18.2 Å². The molecular weight excluding hydrogens is 264 g/mol. The van der Waals surface area contributed by atoms with Crippen LogP contribution in [-0.4, -0.2) is 22.5 Å². The molecule has 1 aromatic carbocycles. The van der Waals surface area contributed by atoms with Crippen molar-refractivity contribution in [2.24, 2.45) is 0 Å². The van der Waals surface area contributed by atoms with Crippen LogP contribution < -0.4 is 4.57 Å². The van der Waals surface area contributed by atoms with E-state index >= 15 is 0 Å². The van der Waals surface area contributed by atoms with Gasteiger partial charge in [0, 0.05) is 12.2 Å². The fourth-order valence-electron chi connectivity index (χ4n) is 2.61. The first-order valence-corrected chi connectivity index (χ1v) is 13.0. The Bertz CT molecular complexity index is 460. The average Bonchev–Trinajstić information content (AvgIpc) is 2.23. The number of hydrogen-bond donors (Lipinski definition) is 0. The number of hydrogen-bond acceptors (Lipinski definition) is 1. The molecule has 0 atom stereocenters. The molecule has 1 saturated heterocycles. The molecule has 5 heteroatoms. The molecule has 1 fully saturated rings. The van der Waals surface area contributed by atoms with Crippen molar-refractivity contribution in [3.63, 3.8) is 0 Å². The second-order valence-electron chi connectivity index (χ2n) is 6.66. The van der Waals surface area contributed by atoms with Crippen LogP contribution in [0.1, 0.15) is 0 Å². The SMILES string of the molecule is C[Si]1(C)CC[Si](C)(C)N(c2ccc(F)cc2F)C1. The lowest BCUT2D eigenvalue weighted by Crippen LogP contribution is -2.61. The Morgan fingerprint density at radius 3 is 2.33 bits per heavy atom. The first-order valence-electron chi connectivity index (χ1n) is 6.44. The maximum Gasteiger partial charge on any atom is 0.150 e. The zero-order valence-corrected chi connectivity index (χ0v) is 13.6. The zero-order valence-electron chi connectivity index (χ0n) is 11.6. The van der Waals surface area contributed by atoms with Crippen LogP contribution in [0.4, 0.5) is 14.5 Å². The van der Waals surface area contributed by atoms with Crippen LogP contribution >= 0.6 is 0 Å². The van der Waals surface area contributed by atoms with E-state index < -0.39 is 27.9 Å². The summed E-state index contributed by atoms with van der Waals surface area (Å²) in [4.78, 5) is 0. The Balaban J connectivity index is 2.39. The van der Waals surface area contributed by atoms with Gasteiger partial charge in [0.25, 0.3) is 0 Å². The van der Waals surface area contributed by atoms with E-state index in [1.165, 1.54) is 18.2 Å². The summed E-state index contributed by atoms with van der Waals surface area (Å²) in [7, 11) is -2.85. The zero-order chi connectivity index (χ0) is 13.6. The van der Waals surface area contributed by atoms with Crippen molar-refractivity contribution in [1.82, 2.24) is 0 Å². The quantitative estimate of drug-likeness (QED) is 0.698. The van der Waals surface area contributed by atoms with Gasteiger partial charge in [-0.05, 0) is 18.2 Å². The lowest BCUT2D eigenvalue weighted by Gasteiger charge is -2.48. The second kappa shape index (κ2) is 4.45. The van der Waals surface area contributed by atoms with Gasteiger partial charge < -0.3 is 4.57 Å². The van der Waals surface area contributed by atoms with Gasteiger partial charge in [-0.2, -0.15) is 0 Å². The minimum Gasteiger partial charge on any atom is -0.398 e. The molecule has 1 nitrogen and oxygen atoms in total. The highest BCUT2D eigenvalue weighted by Gasteiger charge is 2.41. The van der Waals surface area contributed by atoms with Gasteiger partial charge >= 0.3 is 0 Å². The Morgan fingerprint density at radius 2 is 1.72 bits per heavy atom. The highest BCUT2D eigenvalue weighted by atomic mass is 28.3. The van der Waals surface area contributed by atoms with Gasteiger partial charge in [0.05, 0.1) is 13.8 Å². The van der Waals surface area contributed by atoms with E-state index in [4.69, 9.17) is 0 Å². The molecule has 0 amide bonds. The van der Waals surface area contributed by atoms with Gasteiger partial charge in [0.2, 0.25) is 0 Å². The van der Waals surface area contributed by atoms with Gasteiger partial charge in [0.1, 0.15) is 19.9 Å². The van der Waals surface area contributed by atoms with Crippen LogP contribution in [0.3, 0.4) is 0 Å². The Hall–Kier alpha value is -0.686. The number of rotatable bonds is 1. The Morgan fingerprint density at radius 1 is 1.06 bits per heavy atom. The van der Waals surface area contributed by atoms with Crippen LogP contribution in [0.5, 0.6) is 0 Å². The van der Waals surface area contributed by atoms with Crippen molar-refractivity contribution in [3.05, 3.63) is 29.8 Å². The van der Waals surface area contributed by atoms with E-state index in [9.17, 15) is 8.78 Å². The molecule has 0 aromatic heterocycles. The molecule has 1 aliphatic heterocycles. The number of anilines is 1. The van der Waals surface area contributed by atoms with Crippen LogP contribution in [0.25, 0.3) is 0 Å². The number of halogens is 2. The predicted molar refractivity (Wildman–Crippen MR) is 78.3 cm³/mol. The highest BCUT2D eigenvalue weighted by Crippen LogP contribution is 2.35. The molecule has 0 radical (unpaired) electrons. The molecule has 100 valence electrons. The van der Waals surface area contributed by atoms with Crippen LogP contribution in [0.2, 0.25) is 38.3 Å². The van der Waals surface area contributed by atoms with Crippen LogP contribution in [0, 0.1) is 11.6 Å². The molecule has 1 aromatic rings. The largest absolute Gasteiger partial charge is 0.398 e. The molecule has 0 spiro atoms. The monoisotopic (exact) mass is 285 g/mol. The van der Waals surface area contributed by atoms with E-state index in [2.05, 4.69) is 30.8 Å². The third kappa shape index (κ3) is 2.66. The minimum absolute atomic E-state index is 0.415. The third-order valence-electron chi connectivity index (χ3n) is 3.93. The third-order valence-corrected chi connectivity index (χ3v) is 10.9. The summed E-state index contributed by atoms with van der Waals surface area (Å²) in [6, 6.07) is 6.51. The molecule has 1 heterocycles. The molecule has 1 aliphatic rings. The van der Waals surface area contributed by atoms with Gasteiger partial charge in [-0.1, -0.05) is 32.2 Å². The van der Waals surface area contributed by atoms with Crippen LogP contribution in [-0.2, 0) is 0 Å². The predicted octanol–water partition coefficient (Wildman–Crippen LogP) is 4.24. The van der Waals surface area contributed by atoms with E-state index in [0.29, 0.717) is 5.69 Å². The molecule has 0 N–H and O–H groups in total. The second-order valence-corrected chi connectivity index (χ2v) is 16.5. The van der Waals surface area contributed by atoms with Crippen molar-refractivity contribution in [2.45, 2.75) is 38.3 Å². The Kier molecular flexibility index (Phi) is 3.40. The van der Waals surface area contributed by atoms with E-state index in [1.807, 2.05) is 0 Å². The maximum absolute atomic E-state index is 14.0. The van der Waals surface area contributed by atoms with Crippen molar-refractivity contribution in [2.75, 3.05) is 10.7 Å². The van der Waals surface area contributed by atoms with E-state index in [-0.39, 0.29) is 0 Å². The van der Waals surface area contributed by atoms with Gasteiger partial charge in [-0.3, -0.25) is 0 Å². The lowest BCUT2D eigenvalue weighted by molar-refractivity contribution is 0.583. The summed E-state index contributed by atoms with van der Waals surface area (Å²) in [6.07, 6.45) is 0.995. The molecule has 0 saturated carbocycles. The fraction of sp³-hybridized carbons (Fsp3) is 0.538. The lowest BCUT2D eigenvalue weighted by atomic mass is 10.3. The van der Waals surface area contributed by atoms with Gasteiger partial charge in [-0.25, -0.2) is 8.78 Å². The van der Waals surface area contributed by atoms with Crippen molar-refractivity contribution in [3.8, 4) is 0 Å². The van der Waals surface area contributed by atoms with E-state index in [1.54, 1.807) is 6.07 Å². The summed E-state index contributed by atoms with van der Waals surface area (Å²) in [5, 5.41) is 0. The first kappa shape index (κ1) is 13.7. The molecule has 0 aliphatic carbocycles. The first-order chi connectivity index (χ1) is 8.21. The summed E-state index contributed by atoms with van der Waals surface area (Å²) < 4.78 is 29.3. The summed E-state index contributed by atoms with van der Waals surface area (Å²) in [5.41, 5.74) is 0.605. The minimum atomic E-state index is -1.59. The molecule has 2 rings (SSSR count). The van der Waals surface area contributed by atoms with Crippen molar-refractivity contribution >= 4 is 22.0 Å². The molecule has 0 bridgehead atoms. The summed E-state index contributed by atoms with van der Waals surface area (Å²) in [5.74, 6) is -0.911. The molecule has 0 unspecified atom stereocenters. The fourth-order valence-corrected chi connectivity index (χ4v) is 13.1. The average molecular weight is 285 g/mol. The van der Waals surface area contributed by atoms with Crippen molar-refractivity contribution in [1.29, 1.82) is 0 Å². The number of benzene rings is 1. The smallest absolute Gasteiger partial charge is 0.150 e. The summed E-state index contributed by atoms with van der Waals surface area (Å²) >= 11 is 0. The standard InChI is InChI=1S/C13H21F2NSi2/c1-17(2)7-8-18(3,4)16(10-17)13-6-5-11(14)9-12(13)15/h5-6,9H,7-8,10H2,1-4H3. The highest BCUT2D eigenvalue weighted by molar-refractivity contribution is 6.90. The number of nitrogens with zero attached hydrogens (tertiary/aromatic N) is 1. The van der Waals surface area contributed by atoms with Gasteiger partial charge in [0.15, 0.2) is 0 Å². The molecule has 18 heavy (non-hydrogen) atoms. The maximum atomic E-state index is 14.0. The van der Waals surface area contributed by atoms with E-state index in [0.717, 1.165) is 12.2 Å². The normalized spacial score (nSPS) is 22.0. The van der Waals surface area contributed by atoms with Gasteiger partial charge in [-0.15, -0.1) is 0 Å². The van der Waals surface area contributed by atoms with Crippen molar-refractivity contribution < 1.29 is 8.78 Å². The topological polar surface area (TPSA) is 3.24 Å². The summed E-state index contributed by atoms with van der Waals surface area (Å²) in [6.45, 7) is 9.26. The Labute approximate surface area is 110 Å².